The molecule has 0 aliphatic carbocycles. The highest BCUT2D eigenvalue weighted by atomic mass is 16.6. The minimum atomic E-state index is -0.545. The van der Waals surface area contributed by atoms with E-state index >= 15 is 0 Å². The monoisotopic (exact) mass is 422 g/mol. The molecule has 0 spiro atoms. The van der Waals surface area contributed by atoms with E-state index in [1.54, 1.807) is 24.3 Å². The van der Waals surface area contributed by atoms with Gasteiger partial charge >= 0.3 is 0 Å². The summed E-state index contributed by atoms with van der Waals surface area (Å²) >= 11 is 0. The van der Waals surface area contributed by atoms with Gasteiger partial charge in [-0.15, -0.1) is 0 Å². The molecule has 0 radical (unpaired) electrons. The van der Waals surface area contributed by atoms with Crippen molar-refractivity contribution in [1.82, 2.24) is 0 Å². The van der Waals surface area contributed by atoms with Crippen molar-refractivity contribution in [3.8, 4) is 12.1 Å². The third kappa shape index (κ3) is 5.09. The second-order valence-electron chi connectivity index (χ2n) is 6.61. The number of nitrogens with zero attached hydrogens (tertiary/aromatic N) is 4. The smallest absolute Gasteiger partial charge is 0.258 e. The molecule has 32 heavy (non-hydrogen) atoms. The lowest BCUT2D eigenvalue weighted by atomic mass is 10.0. The van der Waals surface area contributed by atoms with Gasteiger partial charge in [0.15, 0.2) is 0 Å². The topological polar surface area (TPSA) is 134 Å². The van der Waals surface area contributed by atoms with Crippen molar-refractivity contribution in [1.29, 1.82) is 10.5 Å². The summed E-state index contributed by atoms with van der Waals surface area (Å²) in [6, 6.07) is 19.6. The van der Waals surface area contributed by atoms with Gasteiger partial charge in [0.05, 0.1) is 21.0 Å². The van der Waals surface area contributed by atoms with E-state index in [4.69, 9.17) is 0 Å². The maximum atomic E-state index is 10.8. The molecular weight excluding hydrogens is 408 g/mol. The SMILES string of the molecule is N#Cc1cc([N+](=O)[O-])ccc1/C=C/c1ccc(/C=C/c2ccc([N+](=O)[O-])cc2C#N)cc1. The highest BCUT2D eigenvalue weighted by Gasteiger charge is 2.10. The number of hydrogen-bond acceptors (Lipinski definition) is 6. The van der Waals surface area contributed by atoms with Gasteiger partial charge in [0.2, 0.25) is 0 Å². The summed E-state index contributed by atoms with van der Waals surface area (Å²) in [7, 11) is 0. The third-order valence-corrected chi connectivity index (χ3v) is 4.58. The Hall–Kier alpha value is -5.08. The van der Waals surface area contributed by atoms with E-state index in [0.717, 1.165) is 11.1 Å². The standard InChI is InChI=1S/C24H14N4O4/c25-15-21-13-23(27(29)30)11-9-19(21)7-5-17-1-2-18(4-3-17)6-8-20-10-12-24(28(31)32)14-22(20)16-26/h1-14H/b7-5+,8-6+. The lowest BCUT2D eigenvalue weighted by molar-refractivity contribution is -0.385. The molecule has 0 amide bonds. The van der Waals surface area contributed by atoms with Gasteiger partial charge in [0.25, 0.3) is 11.4 Å². The molecule has 3 aromatic rings. The summed E-state index contributed by atoms with van der Waals surface area (Å²) in [5, 5.41) is 40.1. The van der Waals surface area contributed by atoms with Crippen molar-refractivity contribution >= 4 is 35.7 Å². The van der Waals surface area contributed by atoms with Gasteiger partial charge in [-0.25, -0.2) is 0 Å². The van der Waals surface area contributed by atoms with Gasteiger partial charge in [0, 0.05) is 24.3 Å². The summed E-state index contributed by atoms with van der Waals surface area (Å²) in [6.45, 7) is 0. The van der Waals surface area contributed by atoms with Crippen LogP contribution in [0.25, 0.3) is 24.3 Å². The molecule has 8 nitrogen and oxygen atoms in total. The first-order chi connectivity index (χ1) is 15.4. The molecule has 0 saturated heterocycles. The van der Waals surface area contributed by atoms with Gasteiger partial charge in [-0.3, -0.25) is 20.2 Å². The lowest BCUT2D eigenvalue weighted by Gasteiger charge is -2.00. The largest absolute Gasteiger partial charge is 0.270 e. The Bertz CT molecular complexity index is 1240. The lowest BCUT2D eigenvalue weighted by Crippen LogP contribution is -1.90. The molecule has 0 bridgehead atoms. The van der Waals surface area contributed by atoms with Gasteiger partial charge in [-0.2, -0.15) is 10.5 Å². The van der Waals surface area contributed by atoms with E-state index in [-0.39, 0.29) is 22.5 Å². The zero-order chi connectivity index (χ0) is 23.1. The predicted molar refractivity (Wildman–Crippen MR) is 120 cm³/mol. The van der Waals surface area contributed by atoms with Crippen LogP contribution in [0.3, 0.4) is 0 Å². The fourth-order valence-corrected chi connectivity index (χ4v) is 2.89. The first kappa shape index (κ1) is 21.6. The van der Waals surface area contributed by atoms with Crippen molar-refractivity contribution in [3.05, 3.63) is 114 Å². The fraction of sp³-hybridized carbons (Fsp3) is 0. The van der Waals surface area contributed by atoms with E-state index in [1.807, 2.05) is 36.4 Å². The van der Waals surface area contributed by atoms with Gasteiger partial charge in [-0.05, 0) is 34.4 Å². The highest BCUT2D eigenvalue weighted by molar-refractivity contribution is 5.76. The van der Waals surface area contributed by atoms with Crippen molar-refractivity contribution in [2.45, 2.75) is 0 Å². The van der Waals surface area contributed by atoms with Crippen molar-refractivity contribution in [2.75, 3.05) is 0 Å². The van der Waals surface area contributed by atoms with E-state index in [9.17, 15) is 30.8 Å². The first-order valence-corrected chi connectivity index (χ1v) is 9.24. The molecule has 0 atom stereocenters. The average molecular weight is 422 g/mol. The van der Waals surface area contributed by atoms with Crippen LogP contribution in [0.5, 0.6) is 0 Å². The van der Waals surface area contributed by atoms with Gasteiger partial charge in [0.1, 0.15) is 12.1 Å². The Morgan fingerprint density at radius 3 is 1.31 bits per heavy atom. The van der Waals surface area contributed by atoms with E-state index < -0.39 is 9.85 Å². The van der Waals surface area contributed by atoms with Crippen LogP contribution >= 0.6 is 0 Å². The maximum Gasteiger partial charge on any atom is 0.270 e. The molecule has 0 aliphatic heterocycles. The molecule has 3 rings (SSSR count). The second kappa shape index (κ2) is 9.61. The molecule has 154 valence electrons. The summed E-state index contributed by atoms with van der Waals surface area (Å²) in [6.07, 6.45) is 7.01. The van der Waals surface area contributed by atoms with Crippen LogP contribution in [0.1, 0.15) is 33.4 Å². The van der Waals surface area contributed by atoms with Crippen LogP contribution in [-0.4, -0.2) is 9.85 Å². The molecule has 0 aromatic heterocycles. The molecular formula is C24H14N4O4. The van der Waals surface area contributed by atoms with Gasteiger partial charge < -0.3 is 0 Å². The quantitative estimate of drug-likeness (QED) is 0.289. The maximum absolute atomic E-state index is 10.8. The van der Waals surface area contributed by atoms with Crippen molar-refractivity contribution in [2.24, 2.45) is 0 Å². The Morgan fingerprint density at radius 1 is 0.625 bits per heavy atom. The summed E-state index contributed by atoms with van der Waals surface area (Å²) in [5.74, 6) is 0. The van der Waals surface area contributed by atoms with Crippen LogP contribution in [0.2, 0.25) is 0 Å². The summed E-state index contributed by atoms with van der Waals surface area (Å²) < 4.78 is 0. The summed E-state index contributed by atoms with van der Waals surface area (Å²) in [4.78, 5) is 20.6. The Kier molecular flexibility index (Phi) is 6.50. The van der Waals surface area contributed by atoms with Gasteiger partial charge in [-0.1, -0.05) is 48.6 Å². The molecule has 0 aliphatic rings. The molecule has 0 N–H and O–H groups in total. The summed E-state index contributed by atoms with van der Waals surface area (Å²) in [5.41, 5.74) is 3.02. The normalized spacial score (nSPS) is 10.7. The van der Waals surface area contributed by atoms with Crippen LogP contribution in [0.4, 0.5) is 11.4 Å². The predicted octanol–water partition coefficient (Wildman–Crippen LogP) is 5.59. The Morgan fingerprint density at radius 2 is 1.00 bits per heavy atom. The highest BCUT2D eigenvalue weighted by Crippen LogP contribution is 2.21. The van der Waals surface area contributed by atoms with Crippen LogP contribution in [0, 0.1) is 42.9 Å². The number of benzene rings is 3. The average Bonchev–Trinajstić information content (AvgIpc) is 2.81. The molecule has 3 aromatic carbocycles. The zero-order valence-electron chi connectivity index (χ0n) is 16.5. The van der Waals surface area contributed by atoms with E-state index in [1.165, 1.54) is 36.4 Å². The fourth-order valence-electron chi connectivity index (χ4n) is 2.89. The third-order valence-electron chi connectivity index (χ3n) is 4.58. The number of nitriles is 2. The second-order valence-corrected chi connectivity index (χ2v) is 6.61. The molecule has 0 unspecified atom stereocenters. The number of rotatable bonds is 6. The number of non-ortho nitro benzene ring substituents is 2. The Labute approximate surface area is 182 Å². The zero-order valence-corrected chi connectivity index (χ0v) is 16.5. The van der Waals surface area contributed by atoms with E-state index in [2.05, 4.69) is 0 Å². The number of nitro groups is 2. The number of hydrogen-bond donors (Lipinski definition) is 0. The molecule has 8 heteroatoms. The minimum absolute atomic E-state index is 0.137. The molecule has 0 fully saturated rings. The van der Waals surface area contributed by atoms with Crippen molar-refractivity contribution < 1.29 is 9.85 Å². The minimum Gasteiger partial charge on any atom is -0.258 e. The molecule has 0 heterocycles. The van der Waals surface area contributed by atoms with Crippen LogP contribution in [0.15, 0.2) is 60.7 Å². The Balaban J connectivity index is 1.76. The van der Waals surface area contributed by atoms with E-state index in [0.29, 0.717) is 11.1 Å². The van der Waals surface area contributed by atoms with Crippen LogP contribution < -0.4 is 0 Å². The van der Waals surface area contributed by atoms with Crippen molar-refractivity contribution in [3.63, 3.8) is 0 Å². The molecule has 0 saturated carbocycles. The number of nitro benzene ring substituents is 2. The first-order valence-electron chi connectivity index (χ1n) is 9.24. The van der Waals surface area contributed by atoms with Crippen LogP contribution in [-0.2, 0) is 0 Å².